The van der Waals surface area contributed by atoms with Crippen molar-refractivity contribution < 1.29 is 14.3 Å². The van der Waals surface area contributed by atoms with Crippen LogP contribution < -0.4 is 4.74 Å². The molecule has 0 spiro atoms. The zero-order chi connectivity index (χ0) is 17.9. The van der Waals surface area contributed by atoms with E-state index in [-0.39, 0.29) is 23.3 Å². The van der Waals surface area contributed by atoms with Gasteiger partial charge in [-0.3, -0.25) is 14.5 Å². The molecule has 0 aromatic heterocycles. The first-order chi connectivity index (χ1) is 11.4. The smallest absolute Gasteiger partial charge is 0.293 e. The predicted molar refractivity (Wildman–Crippen MR) is 99.4 cm³/mol. The van der Waals surface area contributed by atoms with E-state index in [9.17, 15) is 9.59 Å². The summed E-state index contributed by atoms with van der Waals surface area (Å²) >= 11 is 7.23. The lowest BCUT2D eigenvalue weighted by Crippen LogP contribution is -2.36. The predicted octanol–water partition coefficient (Wildman–Crippen LogP) is 5.35. The van der Waals surface area contributed by atoms with E-state index in [1.807, 2.05) is 33.8 Å². The number of carbonyl (C=O) groups is 2. The fraction of sp³-hybridized carbons (Fsp3) is 0.444. The Hall–Kier alpha value is -1.46. The summed E-state index contributed by atoms with van der Waals surface area (Å²) in [5.74, 6) is 0.381. The van der Waals surface area contributed by atoms with Gasteiger partial charge in [-0.15, -0.1) is 0 Å². The molecule has 1 aliphatic rings. The minimum absolute atomic E-state index is 0.0837. The Kier molecular flexibility index (Phi) is 6.35. The van der Waals surface area contributed by atoms with Gasteiger partial charge in [0, 0.05) is 6.04 Å². The quantitative estimate of drug-likeness (QED) is 0.635. The van der Waals surface area contributed by atoms with Gasteiger partial charge in [0.05, 0.1) is 16.0 Å². The number of nitrogens with zero attached hydrogens (tertiary/aromatic N) is 1. The number of hydrogen-bond acceptors (Lipinski definition) is 4. The monoisotopic (exact) mass is 367 g/mol. The molecule has 4 nitrogen and oxygen atoms in total. The van der Waals surface area contributed by atoms with Crippen molar-refractivity contribution in [2.75, 3.05) is 0 Å². The average molecular weight is 368 g/mol. The summed E-state index contributed by atoms with van der Waals surface area (Å²) in [6.45, 7) is 7.85. The third-order valence-electron chi connectivity index (χ3n) is 4.01. The maximum atomic E-state index is 12.4. The number of thioether (sulfide) groups is 1. The molecule has 0 N–H and O–H groups in total. The fourth-order valence-corrected chi connectivity index (χ4v) is 3.36. The number of halogens is 1. The Morgan fingerprint density at radius 3 is 2.54 bits per heavy atom. The number of carbonyl (C=O) groups excluding carboxylic acids is 2. The molecule has 2 rings (SSSR count). The van der Waals surface area contributed by atoms with Crippen molar-refractivity contribution in [3.8, 4) is 5.75 Å². The number of hydrogen-bond donors (Lipinski definition) is 0. The van der Waals surface area contributed by atoms with E-state index in [1.165, 1.54) is 4.90 Å². The molecule has 6 heteroatoms. The van der Waals surface area contributed by atoms with Crippen LogP contribution in [-0.2, 0) is 4.79 Å². The van der Waals surface area contributed by atoms with Crippen molar-refractivity contribution in [1.29, 1.82) is 0 Å². The number of benzene rings is 1. The maximum Gasteiger partial charge on any atom is 0.293 e. The Labute approximate surface area is 152 Å². The zero-order valence-corrected chi connectivity index (χ0v) is 15.9. The van der Waals surface area contributed by atoms with Gasteiger partial charge < -0.3 is 4.74 Å². The highest BCUT2D eigenvalue weighted by atomic mass is 35.5. The van der Waals surface area contributed by atoms with Crippen LogP contribution >= 0.6 is 23.4 Å². The highest BCUT2D eigenvalue weighted by molar-refractivity contribution is 8.18. The van der Waals surface area contributed by atoms with E-state index in [4.69, 9.17) is 16.3 Å². The Bertz CT molecular complexity index is 674. The first kappa shape index (κ1) is 18.9. The van der Waals surface area contributed by atoms with Crippen LogP contribution in [0.2, 0.25) is 5.02 Å². The van der Waals surface area contributed by atoms with Crippen LogP contribution in [0.5, 0.6) is 5.75 Å². The van der Waals surface area contributed by atoms with E-state index in [1.54, 1.807) is 18.2 Å². The third-order valence-corrected chi connectivity index (χ3v) is 5.19. The largest absolute Gasteiger partial charge is 0.489 e. The van der Waals surface area contributed by atoms with Gasteiger partial charge in [-0.1, -0.05) is 31.5 Å². The molecule has 24 heavy (non-hydrogen) atoms. The van der Waals surface area contributed by atoms with Crippen LogP contribution in [0.3, 0.4) is 0 Å². The summed E-state index contributed by atoms with van der Waals surface area (Å²) in [6.07, 6.45) is 3.41. The highest BCUT2D eigenvalue weighted by Gasteiger charge is 2.37. The molecule has 0 bridgehead atoms. The van der Waals surface area contributed by atoms with Gasteiger partial charge in [0.25, 0.3) is 11.1 Å². The minimum atomic E-state index is -0.240. The van der Waals surface area contributed by atoms with Crippen LogP contribution in [0.15, 0.2) is 23.1 Å². The number of rotatable bonds is 6. The molecular formula is C18H22ClNO3S. The van der Waals surface area contributed by atoms with Gasteiger partial charge in [-0.25, -0.2) is 0 Å². The van der Waals surface area contributed by atoms with Crippen molar-refractivity contribution in [2.45, 2.75) is 52.7 Å². The van der Waals surface area contributed by atoms with Crippen LogP contribution in [0.1, 0.15) is 46.1 Å². The molecule has 130 valence electrons. The second-order valence-electron chi connectivity index (χ2n) is 5.84. The Morgan fingerprint density at radius 2 is 1.96 bits per heavy atom. The first-order valence-corrected chi connectivity index (χ1v) is 9.30. The van der Waals surface area contributed by atoms with E-state index >= 15 is 0 Å². The molecule has 1 fully saturated rings. The fourth-order valence-electron chi connectivity index (χ4n) is 2.20. The summed E-state index contributed by atoms with van der Waals surface area (Å²) in [7, 11) is 0. The normalized spacial score (nSPS) is 19.0. The summed E-state index contributed by atoms with van der Waals surface area (Å²) in [6, 6.07) is 5.27. The number of amides is 2. The first-order valence-electron chi connectivity index (χ1n) is 8.10. The van der Waals surface area contributed by atoms with Gasteiger partial charge in [-0.2, -0.15) is 0 Å². The molecule has 1 aromatic carbocycles. The summed E-state index contributed by atoms with van der Waals surface area (Å²) < 4.78 is 5.73. The molecule has 1 aliphatic heterocycles. The minimum Gasteiger partial charge on any atom is -0.489 e. The van der Waals surface area contributed by atoms with E-state index in [2.05, 4.69) is 0 Å². The van der Waals surface area contributed by atoms with Gasteiger partial charge in [-0.05, 0) is 62.2 Å². The lowest BCUT2D eigenvalue weighted by atomic mass is 10.2. The van der Waals surface area contributed by atoms with Crippen molar-refractivity contribution in [3.63, 3.8) is 0 Å². The molecular weight excluding hydrogens is 346 g/mol. The van der Waals surface area contributed by atoms with Gasteiger partial charge >= 0.3 is 0 Å². The summed E-state index contributed by atoms with van der Waals surface area (Å²) in [5, 5.41) is 0.272. The zero-order valence-electron chi connectivity index (χ0n) is 14.3. The van der Waals surface area contributed by atoms with Crippen LogP contribution in [0, 0.1) is 0 Å². The third kappa shape index (κ3) is 4.14. The molecule has 1 saturated heterocycles. The molecule has 1 heterocycles. The molecule has 0 radical (unpaired) electrons. The lowest BCUT2D eigenvalue weighted by molar-refractivity contribution is -0.124. The SMILES string of the molecule is CC[C@H](C)Oc1ccc(/C=C2/SC(=O)N([C@@H](C)CC)C2=O)cc1Cl. The Balaban J connectivity index is 2.21. The molecule has 0 unspecified atom stereocenters. The molecule has 0 aliphatic carbocycles. The van der Waals surface area contributed by atoms with Crippen molar-refractivity contribution in [1.82, 2.24) is 4.90 Å². The average Bonchev–Trinajstić information content (AvgIpc) is 2.83. The van der Waals surface area contributed by atoms with Gasteiger partial charge in [0.1, 0.15) is 5.75 Å². The van der Waals surface area contributed by atoms with E-state index < -0.39 is 0 Å². The van der Waals surface area contributed by atoms with E-state index in [0.29, 0.717) is 15.7 Å². The number of ether oxygens (including phenoxy) is 1. The number of imide groups is 1. The molecule has 0 saturated carbocycles. The topological polar surface area (TPSA) is 46.6 Å². The highest BCUT2D eigenvalue weighted by Crippen LogP contribution is 2.35. The van der Waals surface area contributed by atoms with Crippen LogP contribution in [-0.4, -0.2) is 28.2 Å². The maximum absolute atomic E-state index is 12.4. The van der Waals surface area contributed by atoms with Gasteiger partial charge in [0.2, 0.25) is 0 Å². The van der Waals surface area contributed by atoms with Crippen LogP contribution in [0.25, 0.3) is 6.08 Å². The molecule has 2 atom stereocenters. The molecule has 2 amide bonds. The standard InChI is InChI=1S/C18H22ClNO3S/c1-5-11(3)20-17(21)16(24-18(20)22)10-13-7-8-15(14(19)9-13)23-12(4)6-2/h7-12H,5-6H2,1-4H3/b16-10+/t11-,12-/m0/s1. The second-order valence-corrected chi connectivity index (χ2v) is 7.24. The Morgan fingerprint density at radius 1 is 1.25 bits per heavy atom. The van der Waals surface area contributed by atoms with Gasteiger partial charge in [0.15, 0.2) is 0 Å². The lowest BCUT2D eigenvalue weighted by Gasteiger charge is -2.19. The second kappa shape index (κ2) is 8.08. The summed E-state index contributed by atoms with van der Waals surface area (Å²) in [4.78, 5) is 26.2. The van der Waals surface area contributed by atoms with E-state index in [0.717, 1.165) is 30.2 Å². The van der Waals surface area contributed by atoms with Crippen LogP contribution in [0.4, 0.5) is 4.79 Å². The summed E-state index contributed by atoms with van der Waals surface area (Å²) in [5.41, 5.74) is 0.770. The van der Waals surface area contributed by atoms with Crippen molar-refractivity contribution in [3.05, 3.63) is 33.7 Å². The molecule has 1 aromatic rings. The van der Waals surface area contributed by atoms with Crippen molar-refractivity contribution >= 4 is 40.6 Å². The van der Waals surface area contributed by atoms with Crippen molar-refractivity contribution in [2.24, 2.45) is 0 Å².